The highest BCUT2D eigenvalue weighted by Gasteiger charge is 2.12. The maximum atomic E-state index is 12.9. The third kappa shape index (κ3) is 3.72. The van der Waals surface area contributed by atoms with Crippen LogP contribution in [0.3, 0.4) is 0 Å². The molecule has 0 amide bonds. The quantitative estimate of drug-likeness (QED) is 0.739. The number of nitrogens with one attached hydrogen (secondary N) is 1. The zero-order valence-electron chi connectivity index (χ0n) is 11.6. The van der Waals surface area contributed by atoms with Gasteiger partial charge in [-0.3, -0.25) is 0 Å². The molecule has 2 aromatic rings. The second-order valence-electron chi connectivity index (χ2n) is 4.95. The zero-order chi connectivity index (χ0) is 15.4. The molecule has 0 spiro atoms. The van der Waals surface area contributed by atoms with Crippen LogP contribution in [0.5, 0.6) is 0 Å². The fraction of sp³-hybridized carbons (Fsp3) is 0.188. The van der Waals surface area contributed by atoms with Crippen molar-refractivity contribution in [3.8, 4) is 0 Å². The lowest BCUT2D eigenvalue weighted by Gasteiger charge is -2.17. The smallest absolute Gasteiger partial charge is 0.337 e. The topological polar surface area (TPSA) is 75.3 Å². The summed E-state index contributed by atoms with van der Waals surface area (Å²) < 4.78 is 12.9. The molecule has 0 fully saturated rings. The van der Waals surface area contributed by atoms with Gasteiger partial charge in [0.05, 0.1) is 16.9 Å². The van der Waals surface area contributed by atoms with Crippen LogP contribution in [-0.4, -0.2) is 17.1 Å². The number of carboxylic acids is 1. The van der Waals surface area contributed by atoms with Gasteiger partial charge in [0.25, 0.3) is 0 Å². The molecule has 2 rings (SSSR count). The molecule has 0 saturated carbocycles. The molecule has 0 aromatic heterocycles. The fourth-order valence-corrected chi connectivity index (χ4v) is 2.17. The van der Waals surface area contributed by atoms with Gasteiger partial charge >= 0.3 is 5.97 Å². The minimum absolute atomic E-state index is 0.0295. The molecule has 4 N–H and O–H groups in total. The molecule has 0 aliphatic heterocycles. The first-order valence-electron chi connectivity index (χ1n) is 6.60. The van der Waals surface area contributed by atoms with Gasteiger partial charge in [-0.15, -0.1) is 0 Å². The molecular weight excluding hydrogens is 271 g/mol. The summed E-state index contributed by atoms with van der Waals surface area (Å²) in [4.78, 5) is 11.0. The minimum Gasteiger partial charge on any atom is -0.478 e. The Kier molecular flexibility index (Phi) is 4.42. The predicted molar refractivity (Wildman–Crippen MR) is 81.0 cm³/mol. The Morgan fingerprint density at radius 2 is 1.95 bits per heavy atom. The third-order valence-electron chi connectivity index (χ3n) is 3.19. The molecule has 0 saturated heterocycles. The second-order valence-corrected chi connectivity index (χ2v) is 4.95. The van der Waals surface area contributed by atoms with Crippen molar-refractivity contribution in [3.05, 3.63) is 59.4 Å². The Morgan fingerprint density at radius 3 is 2.57 bits per heavy atom. The van der Waals surface area contributed by atoms with Gasteiger partial charge in [-0.2, -0.15) is 0 Å². The van der Waals surface area contributed by atoms with Crippen molar-refractivity contribution in [1.82, 2.24) is 0 Å². The van der Waals surface area contributed by atoms with Gasteiger partial charge in [-0.25, -0.2) is 9.18 Å². The van der Waals surface area contributed by atoms with E-state index in [1.54, 1.807) is 24.3 Å². The fourth-order valence-electron chi connectivity index (χ4n) is 2.17. The number of carboxylic acid groups (broad SMARTS) is 1. The summed E-state index contributed by atoms with van der Waals surface area (Å²) in [6, 6.07) is 11.2. The van der Waals surface area contributed by atoms with Gasteiger partial charge in [0.15, 0.2) is 0 Å². The number of para-hydroxylation sites is 1. The number of anilines is 2. The van der Waals surface area contributed by atoms with Gasteiger partial charge in [0.1, 0.15) is 5.82 Å². The summed E-state index contributed by atoms with van der Waals surface area (Å²) in [5, 5.41) is 12.2. The van der Waals surface area contributed by atoms with Crippen molar-refractivity contribution >= 4 is 17.3 Å². The average molecular weight is 288 g/mol. The highest BCUT2D eigenvalue weighted by molar-refractivity contribution is 5.97. The number of benzene rings is 2. The Labute approximate surface area is 122 Å². The average Bonchev–Trinajstić information content (AvgIpc) is 2.43. The van der Waals surface area contributed by atoms with Crippen LogP contribution in [0.1, 0.15) is 22.8 Å². The molecule has 21 heavy (non-hydrogen) atoms. The largest absolute Gasteiger partial charge is 0.478 e. The normalized spacial score (nSPS) is 11.9. The first-order valence-corrected chi connectivity index (χ1v) is 6.60. The van der Waals surface area contributed by atoms with E-state index >= 15 is 0 Å². The van der Waals surface area contributed by atoms with Crippen molar-refractivity contribution in [3.63, 3.8) is 0 Å². The summed E-state index contributed by atoms with van der Waals surface area (Å²) in [5.41, 5.74) is 7.73. The van der Waals surface area contributed by atoms with Crippen molar-refractivity contribution in [2.75, 3.05) is 11.1 Å². The Morgan fingerprint density at radius 1 is 1.29 bits per heavy atom. The van der Waals surface area contributed by atoms with E-state index in [0.29, 0.717) is 12.1 Å². The van der Waals surface area contributed by atoms with Crippen LogP contribution < -0.4 is 11.1 Å². The molecule has 0 radical (unpaired) electrons. The van der Waals surface area contributed by atoms with Crippen molar-refractivity contribution in [2.24, 2.45) is 0 Å². The third-order valence-corrected chi connectivity index (χ3v) is 3.19. The number of nitrogen functional groups attached to an aromatic ring is 1. The van der Waals surface area contributed by atoms with Crippen molar-refractivity contribution < 1.29 is 14.3 Å². The van der Waals surface area contributed by atoms with Crippen LogP contribution in [0.4, 0.5) is 15.8 Å². The molecule has 0 aliphatic rings. The number of nitrogens with two attached hydrogens (primary N) is 1. The molecule has 5 heteroatoms. The van der Waals surface area contributed by atoms with Gasteiger partial charge in [-0.1, -0.05) is 18.2 Å². The first kappa shape index (κ1) is 14.8. The van der Waals surface area contributed by atoms with Gasteiger partial charge in [0.2, 0.25) is 0 Å². The molecule has 2 aromatic carbocycles. The van der Waals surface area contributed by atoms with E-state index in [1.807, 2.05) is 6.92 Å². The standard InChI is InChI=1S/C16H17FN2O2/c1-10(9-11-5-7-12(17)8-6-11)19-14-4-2-3-13(15(14)18)16(20)21/h2-8,10,19H,9,18H2,1H3,(H,20,21). The molecule has 1 atom stereocenters. The van der Waals surface area contributed by atoms with Crippen LogP contribution in [0, 0.1) is 5.82 Å². The van der Waals surface area contributed by atoms with E-state index in [1.165, 1.54) is 18.2 Å². The Bertz CT molecular complexity index is 641. The van der Waals surface area contributed by atoms with Crippen LogP contribution in [-0.2, 0) is 6.42 Å². The number of hydrogen-bond donors (Lipinski definition) is 3. The van der Waals surface area contributed by atoms with E-state index < -0.39 is 5.97 Å². The second kappa shape index (κ2) is 6.26. The lowest BCUT2D eigenvalue weighted by molar-refractivity contribution is 0.0698. The lowest BCUT2D eigenvalue weighted by atomic mass is 10.1. The van der Waals surface area contributed by atoms with Crippen LogP contribution in [0.2, 0.25) is 0 Å². The lowest BCUT2D eigenvalue weighted by Crippen LogP contribution is -2.19. The molecule has 0 bridgehead atoms. The van der Waals surface area contributed by atoms with Gasteiger partial charge in [0, 0.05) is 6.04 Å². The van der Waals surface area contributed by atoms with Crippen molar-refractivity contribution in [1.29, 1.82) is 0 Å². The molecule has 0 aliphatic carbocycles. The summed E-state index contributed by atoms with van der Waals surface area (Å²) in [7, 11) is 0. The van der Waals surface area contributed by atoms with Crippen LogP contribution >= 0.6 is 0 Å². The van der Waals surface area contributed by atoms with Crippen molar-refractivity contribution in [2.45, 2.75) is 19.4 Å². The number of carbonyl (C=O) groups is 1. The molecular formula is C16H17FN2O2. The number of hydrogen-bond acceptors (Lipinski definition) is 3. The van der Waals surface area contributed by atoms with E-state index in [9.17, 15) is 9.18 Å². The van der Waals surface area contributed by atoms with Crippen LogP contribution in [0.25, 0.3) is 0 Å². The molecule has 4 nitrogen and oxygen atoms in total. The van der Waals surface area contributed by atoms with Gasteiger partial charge in [-0.05, 0) is 43.2 Å². The monoisotopic (exact) mass is 288 g/mol. The summed E-state index contributed by atoms with van der Waals surface area (Å²) in [6.07, 6.45) is 0.678. The number of halogens is 1. The number of aromatic carboxylic acids is 1. The Balaban J connectivity index is 2.09. The maximum Gasteiger partial charge on any atom is 0.337 e. The summed E-state index contributed by atoms with van der Waals surface area (Å²) in [6.45, 7) is 1.95. The van der Waals surface area contributed by atoms with Crippen LogP contribution in [0.15, 0.2) is 42.5 Å². The summed E-state index contributed by atoms with van der Waals surface area (Å²) >= 11 is 0. The Hall–Kier alpha value is -2.56. The predicted octanol–water partition coefficient (Wildman–Crippen LogP) is 3.15. The minimum atomic E-state index is -1.05. The van der Waals surface area contributed by atoms with E-state index in [0.717, 1.165) is 5.56 Å². The van der Waals surface area contributed by atoms with E-state index in [4.69, 9.17) is 10.8 Å². The molecule has 110 valence electrons. The zero-order valence-corrected chi connectivity index (χ0v) is 11.6. The summed E-state index contributed by atoms with van der Waals surface area (Å²) in [5.74, 6) is -1.32. The number of rotatable bonds is 5. The maximum absolute atomic E-state index is 12.9. The highest BCUT2D eigenvalue weighted by atomic mass is 19.1. The van der Waals surface area contributed by atoms with Gasteiger partial charge < -0.3 is 16.2 Å². The molecule has 0 heterocycles. The van der Waals surface area contributed by atoms with E-state index in [-0.39, 0.29) is 23.1 Å². The first-order chi connectivity index (χ1) is 9.97. The van der Waals surface area contributed by atoms with E-state index in [2.05, 4.69) is 5.32 Å². The SMILES string of the molecule is CC(Cc1ccc(F)cc1)Nc1cccc(C(=O)O)c1N. The highest BCUT2D eigenvalue weighted by Crippen LogP contribution is 2.24. The molecule has 1 unspecified atom stereocenters.